The van der Waals surface area contributed by atoms with Gasteiger partial charge >= 0.3 is 0 Å². The predicted molar refractivity (Wildman–Crippen MR) is 61.2 cm³/mol. The van der Waals surface area contributed by atoms with Gasteiger partial charge in [0.15, 0.2) is 0 Å². The van der Waals surface area contributed by atoms with Gasteiger partial charge in [-0.2, -0.15) is 0 Å². The highest BCUT2D eigenvalue weighted by atomic mass is 16.5. The molecule has 1 saturated carbocycles. The van der Waals surface area contributed by atoms with Crippen molar-refractivity contribution < 1.29 is 14.6 Å². The highest BCUT2D eigenvalue weighted by Gasteiger charge is 2.15. The lowest BCUT2D eigenvalue weighted by Gasteiger charge is -2.13. The minimum Gasteiger partial charge on any atom is -0.389 e. The zero-order valence-corrected chi connectivity index (χ0v) is 9.87. The number of carbonyl (C=O) groups excluding carboxylic acids is 1. The molecule has 1 atom stereocenters. The molecule has 0 bridgehead atoms. The van der Waals surface area contributed by atoms with Crippen molar-refractivity contribution in [1.29, 1.82) is 0 Å². The lowest BCUT2D eigenvalue weighted by molar-refractivity contribution is -0.121. The standard InChI is InChI=1S/C11H22N2O3/c1-16-8-10(14)6-13-11(15)7-12-9-4-2-3-5-9/h9-10,12,14H,2-8H2,1H3,(H,13,15). The Morgan fingerprint density at radius 3 is 2.81 bits per heavy atom. The molecule has 5 nitrogen and oxygen atoms in total. The second kappa shape index (κ2) is 7.60. The van der Waals surface area contributed by atoms with Crippen LogP contribution in [0.25, 0.3) is 0 Å². The Bertz CT molecular complexity index is 205. The molecule has 3 N–H and O–H groups in total. The Labute approximate surface area is 96.6 Å². The van der Waals surface area contributed by atoms with Crippen molar-refractivity contribution in [3.05, 3.63) is 0 Å². The van der Waals surface area contributed by atoms with Gasteiger partial charge in [-0.1, -0.05) is 12.8 Å². The van der Waals surface area contributed by atoms with Crippen LogP contribution in [0.2, 0.25) is 0 Å². The van der Waals surface area contributed by atoms with Gasteiger partial charge in [0.25, 0.3) is 0 Å². The zero-order valence-electron chi connectivity index (χ0n) is 9.87. The molecule has 0 aromatic heterocycles. The third-order valence-electron chi connectivity index (χ3n) is 2.80. The summed E-state index contributed by atoms with van der Waals surface area (Å²) in [4.78, 5) is 11.4. The quantitative estimate of drug-likeness (QED) is 0.559. The number of aliphatic hydroxyl groups excluding tert-OH is 1. The topological polar surface area (TPSA) is 70.6 Å². The van der Waals surface area contributed by atoms with E-state index < -0.39 is 6.10 Å². The van der Waals surface area contributed by atoms with Crippen LogP contribution in [-0.2, 0) is 9.53 Å². The molecule has 0 aromatic carbocycles. The van der Waals surface area contributed by atoms with Crippen molar-refractivity contribution in [2.45, 2.75) is 37.8 Å². The smallest absolute Gasteiger partial charge is 0.234 e. The Hall–Kier alpha value is -0.650. The number of ether oxygens (including phenoxy) is 1. The van der Waals surface area contributed by atoms with E-state index in [2.05, 4.69) is 10.6 Å². The van der Waals surface area contributed by atoms with E-state index in [4.69, 9.17) is 4.74 Å². The summed E-state index contributed by atoms with van der Waals surface area (Å²) in [6.07, 6.45) is 4.22. The van der Waals surface area contributed by atoms with Gasteiger partial charge in [0.1, 0.15) is 0 Å². The van der Waals surface area contributed by atoms with Gasteiger partial charge in [-0.3, -0.25) is 4.79 Å². The molecular formula is C11H22N2O3. The van der Waals surface area contributed by atoms with Crippen LogP contribution >= 0.6 is 0 Å². The lowest BCUT2D eigenvalue weighted by atomic mass is 10.2. The summed E-state index contributed by atoms with van der Waals surface area (Å²) in [5.41, 5.74) is 0. The molecule has 0 saturated heterocycles. The van der Waals surface area contributed by atoms with Crippen molar-refractivity contribution in [2.24, 2.45) is 0 Å². The molecule has 0 aromatic rings. The average molecular weight is 230 g/mol. The van der Waals surface area contributed by atoms with Crippen molar-refractivity contribution in [3.8, 4) is 0 Å². The first-order valence-corrected chi connectivity index (χ1v) is 5.89. The van der Waals surface area contributed by atoms with Gasteiger partial charge < -0.3 is 20.5 Å². The summed E-state index contributed by atoms with van der Waals surface area (Å²) >= 11 is 0. The minimum absolute atomic E-state index is 0.0675. The summed E-state index contributed by atoms with van der Waals surface area (Å²) < 4.78 is 4.76. The lowest BCUT2D eigenvalue weighted by Crippen LogP contribution is -2.41. The minimum atomic E-state index is -0.625. The molecule has 1 amide bonds. The molecular weight excluding hydrogens is 208 g/mol. The molecule has 0 spiro atoms. The number of aliphatic hydroxyl groups is 1. The zero-order chi connectivity index (χ0) is 11.8. The number of methoxy groups -OCH3 is 1. The molecule has 1 aliphatic rings. The molecule has 5 heteroatoms. The van der Waals surface area contributed by atoms with Crippen LogP contribution in [0.1, 0.15) is 25.7 Å². The maximum Gasteiger partial charge on any atom is 0.234 e. The third-order valence-corrected chi connectivity index (χ3v) is 2.80. The molecule has 0 aliphatic heterocycles. The van der Waals surface area contributed by atoms with Gasteiger partial charge in [-0.15, -0.1) is 0 Å². The van der Waals surface area contributed by atoms with E-state index in [-0.39, 0.29) is 19.1 Å². The first-order chi connectivity index (χ1) is 7.72. The van der Waals surface area contributed by atoms with Crippen molar-refractivity contribution in [3.63, 3.8) is 0 Å². The van der Waals surface area contributed by atoms with E-state index in [1.54, 1.807) is 0 Å². The first-order valence-electron chi connectivity index (χ1n) is 5.89. The van der Waals surface area contributed by atoms with Crippen molar-refractivity contribution in [1.82, 2.24) is 10.6 Å². The molecule has 94 valence electrons. The number of carbonyl (C=O) groups is 1. The largest absolute Gasteiger partial charge is 0.389 e. The summed E-state index contributed by atoms with van der Waals surface area (Å²) in [6.45, 7) is 0.833. The number of hydrogen-bond donors (Lipinski definition) is 3. The van der Waals surface area contributed by atoms with Crippen LogP contribution in [0, 0.1) is 0 Å². The van der Waals surface area contributed by atoms with Crippen molar-refractivity contribution in [2.75, 3.05) is 26.8 Å². The Balaban J connectivity index is 2.01. The highest BCUT2D eigenvalue weighted by molar-refractivity contribution is 5.78. The van der Waals surface area contributed by atoms with E-state index in [0.717, 1.165) is 0 Å². The Morgan fingerprint density at radius 2 is 2.19 bits per heavy atom. The van der Waals surface area contributed by atoms with E-state index >= 15 is 0 Å². The highest BCUT2D eigenvalue weighted by Crippen LogP contribution is 2.17. The molecule has 1 aliphatic carbocycles. The van der Waals surface area contributed by atoms with Crippen molar-refractivity contribution >= 4 is 5.91 Å². The third kappa shape index (κ3) is 5.44. The number of nitrogens with one attached hydrogen (secondary N) is 2. The summed E-state index contributed by atoms with van der Waals surface area (Å²) in [5, 5.41) is 15.2. The second-order valence-electron chi connectivity index (χ2n) is 4.28. The second-order valence-corrected chi connectivity index (χ2v) is 4.28. The van der Waals surface area contributed by atoms with Crippen LogP contribution in [0.5, 0.6) is 0 Å². The maximum absolute atomic E-state index is 11.4. The molecule has 1 rings (SSSR count). The van der Waals surface area contributed by atoms with Gasteiger partial charge in [-0.25, -0.2) is 0 Å². The van der Waals surface area contributed by atoms with Gasteiger partial charge in [0.05, 0.1) is 19.3 Å². The number of hydrogen-bond acceptors (Lipinski definition) is 4. The van der Waals surface area contributed by atoms with Crippen LogP contribution in [-0.4, -0.2) is 50.0 Å². The van der Waals surface area contributed by atoms with Gasteiger partial charge in [0.2, 0.25) is 5.91 Å². The summed E-state index contributed by atoms with van der Waals surface area (Å²) in [6, 6.07) is 0.495. The van der Waals surface area contributed by atoms with Crippen LogP contribution in [0.3, 0.4) is 0 Å². The number of rotatable bonds is 7. The predicted octanol–water partition coefficient (Wildman–Crippen LogP) is -0.358. The van der Waals surface area contributed by atoms with E-state index in [9.17, 15) is 9.90 Å². The maximum atomic E-state index is 11.4. The van der Waals surface area contributed by atoms with E-state index in [1.807, 2.05) is 0 Å². The molecule has 0 radical (unpaired) electrons. The fourth-order valence-electron chi connectivity index (χ4n) is 1.91. The molecule has 1 fully saturated rings. The average Bonchev–Trinajstić information content (AvgIpc) is 2.77. The van der Waals surface area contributed by atoms with Crippen LogP contribution in [0.15, 0.2) is 0 Å². The normalized spacial score (nSPS) is 18.6. The monoisotopic (exact) mass is 230 g/mol. The molecule has 0 heterocycles. The molecule has 1 unspecified atom stereocenters. The SMILES string of the molecule is COCC(O)CNC(=O)CNC1CCCC1. The van der Waals surface area contributed by atoms with Crippen LogP contribution in [0.4, 0.5) is 0 Å². The Morgan fingerprint density at radius 1 is 1.50 bits per heavy atom. The number of amides is 1. The Kier molecular flexibility index (Phi) is 6.37. The summed E-state index contributed by atoms with van der Waals surface area (Å²) in [5.74, 6) is -0.0675. The van der Waals surface area contributed by atoms with E-state index in [1.165, 1.54) is 32.8 Å². The molecule has 16 heavy (non-hydrogen) atoms. The van der Waals surface area contributed by atoms with Gasteiger partial charge in [-0.05, 0) is 12.8 Å². The fraction of sp³-hybridized carbons (Fsp3) is 0.909. The fourth-order valence-corrected chi connectivity index (χ4v) is 1.91. The van der Waals surface area contributed by atoms with E-state index in [0.29, 0.717) is 12.6 Å². The first kappa shape index (κ1) is 13.4. The van der Waals surface area contributed by atoms with Crippen LogP contribution < -0.4 is 10.6 Å². The van der Waals surface area contributed by atoms with Gasteiger partial charge in [0, 0.05) is 19.7 Å². The summed E-state index contributed by atoms with van der Waals surface area (Å²) in [7, 11) is 1.52.